The Morgan fingerprint density at radius 3 is 1.85 bits per heavy atom. The fourth-order valence-corrected chi connectivity index (χ4v) is 4.22. The molecule has 1 saturated carbocycles. The third-order valence-corrected chi connectivity index (χ3v) is 6.08. The van der Waals surface area contributed by atoms with Crippen LogP contribution in [0.1, 0.15) is 64.7 Å². The van der Waals surface area contributed by atoms with Crippen molar-refractivity contribution in [2.45, 2.75) is 71.3 Å². The molecule has 0 heterocycles. The molecule has 0 N–H and O–H groups in total. The minimum Gasteiger partial charge on any atom is -0.429 e. The number of alkyl halides is 3. The van der Waals surface area contributed by atoms with Gasteiger partial charge in [-0.2, -0.15) is 8.78 Å². The van der Waals surface area contributed by atoms with E-state index in [2.05, 4.69) is 11.7 Å². The van der Waals surface area contributed by atoms with Gasteiger partial charge in [0.15, 0.2) is 17.4 Å². The van der Waals surface area contributed by atoms with Crippen LogP contribution < -0.4 is 4.74 Å². The van der Waals surface area contributed by atoms with Crippen molar-refractivity contribution >= 4 is 0 Å². The van der Waals surface area contributed by atoms with Crippen LogP contribution in [0.2, 0.25) is 0 Å². The van der Waals surface area contributed by atoms with Crippen LogP contribution in [0.5, 0.6) is 5.75 Å². The van der Waals surface area contributed by atoms with E-state index in [1.54, 1.807) is 0 Å². The molecule has 3 rings (SSSR count). The lowest BCUT2D eigenvalue weighted by atomic mass is 9.79. The first-order valence-electron chi connectivity index (χ1n) is 11.6. The second-order valence-corrected chi connectivity index (χ2v) is 8.51. The van der Waals surface area contributed by atoms with Crippen molar-refractivity contribution in [3.8, 4) is 16.9 Å². The summed E-state index contributed by atoms with van der Waals surface area (Å²) in [5.74, 6) is -2.46. The molecule has 1 nitrogen and oxygen atoms in total. The molecule has 2 aromatic carbocycles. The van der Waals surface area contributed by atoms with Gasteiger partial charge in [0.1, 0.15) is 5.82 Å². The Kier molecular flexibility index (Phi) is 11.6. The number of benzene rings is 2. The smallest absolute Gasteiger partial charge is 0.387 e. The van der Waals surface area contributed by atoms with E-state index in [0.717, 1.165) is 36.6 Å². The fraction of sp³-hybridized carbons (Fsp3) is 0.538. The van der Waals surface area contributed by atoms with E-state index in [0.29, 0.717) is 11.5 Å². The lowest BCUT2D eigenvalue weighted by Crippen LogP contribution is -2.15. The summed E-state index contributed by atoms with van der Waals surface area (Å²) in [6.07, 6.45) is 11.7. The minimum atomic E-state index is -3.32. The van der Waals surface area contributed by atoms with Crippen LogP contribution in [0.4, 0.5) is 26.3 Å². The predicted molar refractivity (Wildman–Crippen MR) is 119 cm³/mol. The van der Waals surface area contributed by atoms with Gasteiger partial charge in [-0.1, -0.05) is 70.4 Å². The molecule has 1 fully saturated rings. The highest BCUT2D eigenvalue weighted by Crippen LogP contribution is 2.33. The van der Waals surface area contributed by atoms with Gasteiger partial charge in [-0.3, -0.25) is 4.39 Å². The molecule has 7 heteroatoms. The standard InChI is InChI=1S/C13H7F5O.C13H25F/c14-9-3-1-7(2-4-9)8-5-10(15)12(11(16)6-8)19-13(17)18;1-2-3-4-5-12-6-8-13(9-7-12)10-11-14/h1-6,13H;12-13H,2-11H2,1H3. The van der Waals surface area contributed by atoms with E-state index in [4.69, 9.17) is 0 Å². The zero-order valence-electron chi connectivity index (χ0n) is 18.9. The quantitative estimate of drug-likeness (QED) is 0.260. The van der Waals surface area contributed by atoms with Crippen molar-refractivity contribution in [3.63, 3.8) is 0 Å². The first-order chi connectivity index (χ1) is 15.8. The molecule has 0 bridgehead atoms. The van der Waals surface area contributed by atoms with Crippen LogP contribution in [0.25, 0.3) is 11.1 Å². The molecule has 0 atom stereocenters. The molecule has 0 unspecified atom stereocenters. The molecular formula is C26H32F6O. The van der Waals surface area contributed by atoms with Crippen LogP contribution in [0, 0.1) is 29.3 Å². The molecule has 0 aromatic heterocycles. The SMILES string of the molecule is CCCCCC1CCC(CCF)CC1.Fc1ccc(-c2cc(F)c(OC(F)F)c(F)c2)cc1. The summed E-state index contributed by atoms with van der Waals surface area (Å²) in [7, 11) is 0. The Labute approximate surface area is 192 Å². The first-order valence-corrected chi connectivity index (χ1v) is 11.6. The molecular weight excluding hydrogens is 442 g/mol. The average molecular weight is 475 g/mol. The Morgan fingerprint density at radius 1 is 0.818 bits per heavy atom. The molecule has 0 aliphatic heterocycles. The van der Waals surface area contributed by atoms with Crippen LogP contribution >= 0.6 is 0 Å². The van der Waals surface area contributed by atoms with Gasteiger partial charge >= 0.3 is 6.61 Å². The number of hydrogen-bond acceptors (Lipinski definition) is 1. The molecule has 0 radical (unpaired) electrons. The zero-order valence-corrected chi connectivity index (χ0v) is 18.9. The van der Waals surface area contributed by atoms with Gasteiger partial charge in [-0.05, 0) is 53.6 Å². The highest BCUT2D eigenvalue weighted by Gasteiger charge is 2.20. The number of halogens is 6. The Hall–Kier alpha value is -2.18. The number of hydrogen-bond donors (Lipinski definition) is 0. The van der Waals surface area contributed by atoms with Gasteiger partial charge in [0.2, 0.25) is 0 Å². The summed E-state index contributed by atoms with van der Waals surface area (Å²) in [6, 6.07) is 6.56. The molecule has 1 aliphatic carbocycles. The molecule has 184 valence electrons. The van der Waals surface area contributed by atoms with Crippen molar-refractivity contribution < 1.29 is 31.1 Å². The second-order valence-electron chi connectivity index (χ2n) is 8.51. The van der Waals surface area contributed by atoms with E-state index < -0.39 is 29.8 Å². The van der Waals surface area contributed by atoms with Gasteiger partial charge in [-0.25, -0.2) is 13.2 Å². The van der Waals surface area contributed by atoms with Crippen molar-refractivity contribution in [1.29, 1.82) is 0 Å². The van der Waals surface area contributed by atoms with Gasteiger partial charge < -0.3 is 4.74 Å². The maximum atomic E-state index is 13.5. The minimum absolute atomic E-state index is 0.0941. The zero-order chi connectivity index (χ0) is 24.2. The van der Waals surface area contributed by atoms with E-state index in [1.165, 1.54) is 63.5 Å². The van der Waals surface area contributed by atoms with E-state index in [1.807, 2.05) is 0 Å². The van der Waals surface area contributed by atoms with Crippen molar-refractivity contribution in [2.24, 2.45) is 11.8 Å². The summed E-state index contributed by atoms with van der Waals surface area (Å²) < 4.78 is 79.4. The summed E-state index contributed by atoms with van der Waals surface area (Å²) in [4.78, 5) is 0. The molecule has 0 spiro atoms. The maximum absolute atomic E-state index is 13.5. The highest BCUT2D eigenvalue weighted by molar-refractivity contribution is 5.64. The monoisotopic (exact) mass is 474 g/mol. The summed E-state index contributed by atoms with van der Waals surface area (Å²) in [5, 5.41) is 0. The topological polar surface area (TPSA) is 9.23 Å². The summed E-state index contributed by atoms with van der Waals surface area (Å²) in [5.41, 5.74) is 0.444. The molecule has 0 saturated heterocycles. The van der Waals surface area contributed by atoms with E-state index >= 15 is 0 Å². The third kappa shape index (κ3) is 9.30. The van der Waals surface area contributed by atoms with Crippen molar-refractivity contribution in [1.82, 2.24) is 0 Å². The van der Waals surface area contributed by atoms with Gasteiger partial charge in [0, 0.05) is 0 Å². The molecule has 2 aromatic rings. The van der Waals surface area contributed by atoms with Crippen molar-refractivity contribution in [2.75, 3.05) is 6.67 Å². The highest BCUT2D eigenvalue weighted by atomic mass is 19.3. The second kappa shape index (κ2) is 14.2. The van der Waals surface area contributed by atoms with Gasteiger partial charge in [0.25, 0.3) is 0 Å². The normalized spacial score (nSPS) is 18.1. The molecule has 0 amide bonds. The number of rotatable bonds is 9. The molecule has 33 heavy (non-hydrogen) atoms. The van der Waals surface area contributed by atoms with Gasteiger partial charge in [-0.15, -0.1) is 0 Å². The Bertz CT molecular complexity index is 793. The average Bonchev–Trinajstić information content (AvgIpc) is 2.78. The van der Waals surface area contributed by atoms with E-state index in [9.17, 15) is 26.3 Å². The van der Waals surface area contributed by atoms with Crippen molar-refractivity contribution in [3.05, 3.63) is 53.8 Å². The van der Waals surface area contributed by atoms with Crippen LogP contribution in [-0.4, -0.2) is 13.3 Å². The maximum Gasteiger partial charge on any atom is 0.387 e. The third-order valence-electron chi connectivity index (χ3n) is 6.08. The Balaban J connectivity index is 0.000000245. The number of ether oxygens (including phenoxy) is 1. The Morgan fingerprint density at radius 2 is 1.36 bits per heavy atom. The van der Waals surface area contributed by atoms with E-state index in [-0.39, 0.29) is 12.2 Å². The van der Waals surface area contributed by atoms with Crippen LogP contribution in [0.15, 0.2) is 36.4 Å². The summed E-state index contributed by atoms with van der Waals surface area (Å²) in [6.45, 7) is -1.16. The number of unbranched alkanes of at least 4 members (excludes halogenated alkanes) is 2. The fourth-order valence-electron chi connectivity index (χ4n) is 4.22. The molecule has 1 aliphatic rings. The first kappa shape index (κ1) is 27.1. The van der Waals surface area contributed by atoms with Crippen LogP contribution in [-0.2, 0) is 0 Å². The summed E-state index contributed by atoms with van der Waals surface area (Å²) >= 11 is 0. The van der Waals surface area contributed by atoms with Gasteiger partial charge in [0.05, 0.1) is 6.67 Å². The van der Waals surface area contributed by atoms with Crippen LogP contribution in [0.3, 0.4) is 0 Å². The predicted octanol–water partition coefficient (Wildman–Crippen LogP) is 9.11. The largest absolute Gasteiger partial charge is 0.429 e. The lowest BCUT2D eigenvalue weighted by Gasteiger charge is -2.27. The lowest BCUT2D eigenvalue weighted by molar-refractivity contribution is -0.0546.